The fourth-order valence-corrected chi connectivity index (χ4v) is 4.13. The molecule has 1 saturated heterocycles. The number of benzene rings is 2. The van der Waals surface area contributed by atoms with Gasteiger partial charge in [-0.3, -0.25) is 14.5 Å². The number of halogens is 1. The first-order valence-corrected chi connectivity index (χ1v) is 9.80. The second kappa shape index (κ2) is 7.25. The summed E-state index contributed by atoms with van der Waals surface area (Å²) in [4.78, 5) is 31.3. The minimum atomic E-state index is -0.901. The van der Waals surface area contributed by atoms with Crippen molar-refractivity contribution >= 4 is 33.9 Å². The number of hydrogen-bond acceptors (Lipinski definition) is 5. The largest absolute Gasteiger partial charge is 0.507 e. The third kappa shape index (κ3) is 3.23. The van der Waals surface area contributed by atoms with Crippen molar-refractivity contribution in [2.24, 2.45) is 0 Å². The molecule has 7 heteroatoms. The van der Waals surface area contributed by atoms with Crippen LogP contribution in [-0.2, 0) is 9.59 Å². The molecule has 5 nitrogen and oxygen atoms in total. The number of aliphatic hydroxyl groups is 1. The van der Waals surface area contributed by atoms with Crippen LogP contribution in [0.15, 0.2) is 59.6 Å². The quantitative estimate of drug-likeness (QED) is 0.393. The Kier molecular flexibility index (Phi) is 4.76. The molecule has 1 unspecified atom stereocenters. The molecular weight excluding hydrogens is 391 g/mol. The molecule has 2 heterocycles. The molecule has 1 atom stereocenters. The predicted molar refractivity (Wildman–Crippen MR) is 109 cm³/mol. The second-order valence-electron chi connectivity index (χ2n) is 6.85. The van der Waals surface area contributed by atoms with Crippen molar-refractivity contribution in [3.63, 3.8) is 0 Å². The van der Waals surface area contributed by atoms with E-state index in [0.717, 1.165) is 11.1 Å². The lowest BCUT2D eigenvalue weighted by Gasteiger charge is -2.23. The zero-order valence-electron chi connectivity index (χ0n) is 15.7. The summed E-state index contributed by atoms with van der Waals surface area (Å²) in [6.45, 7) is 3.69. The molecule has 1 N–H and O–H groups in total. The van der Waals surface area contributed by atoms with Gasteiger partial charge in [0.05, 0.1) is 11.6 Å². The average molecular weight is 408 g/mol. The lowest BCUT2D eigenvalue weighted by atomic mass is 9.93. The summed E-state index contributed by atoms with van der Waals surface area (Å²) in [7, 11) is 0. The first-order chi connectivity index (χ1) is 13.9. The fourth-order valence-electron chi connectivity index (χ4n) is 3.46. The third-order valence-corrected chi connectivity index (χ3v) is 5.67. The van der Waals surface area contributed by atoms with E-state index in [4.69, 9.17) is 0 Å². The van der Waals surface area contributed by atoms with Crippen LogP contribution in [-0.4, -0.2) is 21.8 Å². The van der Waals surface area contributed by atoms with Gasteiger partial charge in [0.25, 0.3) is 5.78 Å². The molecule has 29 heavy (non-hydrogen) atoms. The van der Waals surface area contributed by atoms with Crippen LogP contribution >= 0.6 is 11.3 Å². The molecule has 1 fully saturated rings. The molecule has 2 aromatic carbocycles. The SMILES string of the molecule is Cc1ccc(C)c(/C(O)=C2\C(=O)C(=O)N(c3nccs3)C2c2ccc(F)cc2)c1. The first kappa shape index (κ1) is 19.0. The summed E-state index contributed by atoms with van der Waals surface area (Å²) in [6.07, 6.45) is 1.53. The summed E-state index contributed by atoms with van der Waals surface area (Å²) in [6, 6.07) is 10.1. The topological polar surface area (TPSA) is 70.5 Å². The summed E-state index contributed by atoms with van der Waals surface area (Å²) < 4.78 is 13.5. The van der Waals surface area contributed by atoms with Crippen LogP contribution in [0.4, 0.5) is 9.52 Å². The number of thiazole rings is 1. The van der Waals surface area contributed by atoms with Gasteiger partial charge in [-0.2, -0.15) is 0 Å². The van der Waals surface area contributed by atoms with E-state index in [0.29, 0.717) is 16.3 Å². The van der Waals surface area contributed by atoms with Gasteiger partial charge in [-0.1, -0.05) is 29.8 Å². The van der Waals surface area contributed by atoms with E-state index < -0.39 is 23.5 Å². The van der Waals surface area contributed by atoms with Gasteiger partial charge >= 0.3 is 5.91 Å². The number of nitrogens with zero attached hydrogens (tertiary/aromatic N) is 2. The average Bonchev–Trinajstić information content (AvgIpc) is 3.31. The van der Waals surface area contributed by atoms with Crippen molar-refractivity contribution in [2.45, 2.75) is 19.9 Å². The highest BCUT2D eigenvalue weighted by molar-refractivity contribution is 7.14. The van der Waals surface area contributed by atoms with E-state index in [1.165, 1.54) is 46.7 Å². The van der Waals surface area contributed by atoms with Crippen LogP contribution in [0.2, 0.25) is 0 Å². The number of carbonyl (C=O) groups excluding carboxylic acids is 2. The number of hydrogen-bond donors (Lipinski definition) is 1. The van der Waals surface area contributed by atoms with Gasteiger partial charge in [-0.05, 0) is 43.2 Å². The van der Waals surface area contributed by atoms with Crippen LogP contribution in [0.5, 0.6) is 0 Å². The molecule has 146 valence electrons. The van der Waals surface area contributed by atoms with Crippen molar-refractivity contribution in [1.29, 1.82) is 0 Å². The van der Waals surface area contributed by atoms with E-state index in [1.807, 2.05) is 26.0 Å². The number of Topliss-reactive ketones (excluding diaryl/α,β-unsaturated/α-hetero) is 1. The van der Waals surface area contributed by atoms with Crippen LogP contribution in [0, 0.1) is 19.7 Å². The minimum Gasteiger partial charge on any atom is -0.507 e. The van der Waals surface area contributed by atoms with Crippen molar-refractivity contribution in [3.8, 4) is 0 Å². The Morgan fingerprint density at radius 3 is 2.52 bits per heavy atom. The van der Waals surface area contributed by atoms with Gasteiger partial charge in [-0.15, -0.1) is 11.3 Å². The Balaban J connectivity index is 1.97. The van der Waals surface area contributed by atoms with Crippen LogP contribution in [0.25, 0.3) is 5.76 Å². The first-order valence-electron chi connectivity index (χ1n) is 8.92. The van der Waals surface area contributed by atoms with Gasteiger partial charge in [0.1, 0.15) is 11.6 Å². The summed E-state index contributed by atoms with van der Waals surface area (Å²) in [5, 5.41) is 13.1. The molecule has 1 amide bonds. The molecule has 1 aliphatic heterocycles. The van der Waals surface area contributed by atoms with Crippen molar-refractivity contribution in [1.82, 2.24) is 4.98 Å². The molecule has 4 rings (SSSR count). The number of aromatic nitrogens is 1. The molecule has 0 spiro atoms. The zero-order chi connectivity index (χ0) is 20.7. The Hall–Kier alpha value is -3.32. The summed E-state index contributed by atoms with van der Waals surface area (Å²) in [5.41, 5.74) is 2.63. The summed E-state index contributed by atoms with van der Waals surface area (Å²) in [5.74, 6) is -2.26. The Labute approximate surface area is 170 Å². The lowest BCUT2D eigenvalue weighted by molar-refractivity contribution is -0.132. The van der Waals surface area contributed by atoms with Crippen molar-refractivity contribution < 1.29 is 19.1 Å². The normalized spacial score (nSPS) is 18.4. The highest BCUT2D eigenvalue weighted by atomic mass is 32.1. The molecule has 0 bridgehead atoms. The summed E-state index contributed by atoms with van der Waals surface area (Å²) >= 11 is 1.21. The number of rotatable bonds is 3. The molecular formula is C22H17FN2O3S. The second-order valence-corrected chi connectivity index (χ2v) is 7.73. The number of anilines is 1. The van der Waals surface area contributed by atoms with Gasteiger partial charge < -0.3 is 5.11 Å². The molecule has 1 aromatic heterocycles. The van der Waals surface area contributed by atoms with Gasteiger partial charge in [0, 0.05) is 17.1 Å². The molecule has 0 aliphatic carbocycles. The van der Waals surface area contributed by atoms with E-state index in [2.05, 4.69) is 4.98 Å². The molecule has 3 aromatic rings. The molecule has 0 radical (unpaired) electrons. The van der Waals surface area contributed by atoms with Gasteiger partial charge in [0.15, 0.2) is 5.13 Å². The van der Waals surface area contributed by atoms with Crippen LogP contribution in [0.3, 0.4) is 0 Å². The Morgan fingerprint density at radius 2 is 1.86 bits per heavy atom. The Morgan fingerprint density at radius 1 is 1.14 bits per heavy atom. The third-order valence-electron chi connectivity index (χ3n) is 4.90. The predicted octanol–water partition coefficient (Wildman–Crippen LogP) is 4.53. The monoisotopic (exact) mass is 408 g/mol. The molecule has 1 aliphatic rings. The lowest BCUT2D eigenvalue weighted by Crippen LogP contribution is -2.29. The Bertz CT molecular complexity index is 1140. The highest BCUT2D eigenvalue weighted by Gasteiger charge is 2.48. The van der Waals surface area contributed by atoms with Gasteiger partial charge in [0.2, 0.25) is 0 Å². The van der Waals surface area contributed by atoms with E-state index >= 15 is 0 Å². The fraction of sp³-hybridized carbons (Fsp3) is 0.136. The van der Waals surface area contributed by atoms with Crippen LogP contribution in [0.1, 0.15) is 28.3 Å². The molecule has 0 saturated carbocycles. The van der Waals surface area contributed by atoms with E-state index in [1.54, 1.807) is 11.4 Å². The number of amides is 1. The number of aliphatic hydroxyl groups excluding tert-OH is 1. The number of ketones is 1. The number of carbonyl (C=O) groups is 2. The maximum Gasteiger partial charge on any atom is 0.301 e. The highest BCUT2D eigenvalue weighted by Crippen LogP contribution is 2.43. The van der Waals surface area contributed by atoms with E-state index in [9.17, 15) is 19.1 Å². The van der Waals surface area contributed by atoms with Crippen molar-refractivity contribution in [3.05, 3.63) is 87.7 Å². The standard InChI is InChI=1S/C22H17FN2O3S/c1-12-3-4-13(2)16(11-12)19(26)17-18(14-5-7-15(23)8-6-14)25(21(28)20(17)27)22-24-9-10-29-22/h3-11,18,26H,1-2H3/b19-17+. The minimum absolute atomic E-state index is 0.0366. The maximum atomic E-state index is 13.5. The maximum absolute atomic E-state index is 13.5. The zero-order valence-corrected chi connectivity index (χ0v) is 16.5. The number of aryl methyl sites for hydroxylation is 2. The van der Waals surface area contributed by atoms with E-state index in [-0.39, 0.29) is 11.3 Å². The smallest absolute Gasteiger partial charge is 0.301 e. The van der Waals surface area contributed by atoms with Gasteiger partial charge in [-0.25, -0.2) is 9.37 Å². The van der Waals surface area contributed by atoms with Crippen molar-refractivity contribution in [2.75, 3.05) is 4.90 Å². The van der Waals surface area contributed by atoms with Crippen LogP contribution < -0.4 is 4.90 Å².